The van der Waals surface area contributed by atoms with Crippen molar-refractivity contribution in [3.8, 4) is 0 Å². The number of hydrazine groups is 1. The molecule has 1 saturated heterocycles. The van der Waals surface area contributed by atoms with Gasteiger partial charge >= 0.3 is 0 Å². The molecule has 4 heteroatoms. The number of hydrogen-bond donors (Lipinski definition) is 2. The lowest BCUT2D eigenvalue weighted by Crippen LogP contribution is -2.46. The second-order valence-electron chi connectivity index (χ2n) is 3.11. The fourth-order valence-corrected chi connectivity index (χ4v) is 4.75. The van der Waals surface area contributed by atoms with Gasteiger partial charge in [0.05, 0.1) is 0 Å². The molecule has 1 aliphatic rings. The molecule has 0 bridgehead atoms. The lowest BCUT2D eigenvalue weighted by atomic mass is 10.1. The molecule has 3 N–H and O–H groups in total. The van der Waals surface area contributed by atoms with Crippen molar-refractivity contribution < 1.29 is 0 Å². The fraction of sp³-hybridized carbons (Fsp3) is 1.00. The first kappa shape index (κ1) is 10.7. The van der Waals surface area contributed by atoms with Crippen LogP contribution in [0.2, 0.25) is 0 Å². The Balaban J connectivity index is 2.46. The van der Waals surface area contributed by atoms with Crippen LogP contribution in [0.1, 0.15) is 20.3 Å². The van der Waals surface area contributed by atoms with Gasteiger partial charge in [-0.15, -0.1) is 0 Å². The Morgan fingerprint density at radius 2 is 2.17 bits per heavy atom. The zero-order chi connectivity index (χ0) is 8.97. The Bertz CT molecular complexity index is 132. The third kappa shape index (κ3) is 2.55. The molecule has 1 aliphatic heterocycles. The number of hydrogen-bond acceptors (Lipinski definition) is 4. The quantitative estimate of drug-likeness (QED) is 0.542. The summed E-state index contributed by atoms with van der Waals surface area (Å²) in [4.78, 5) is 0. The van der Waals surface area contributed by atoms with Crippen LogP contribution in [-0.4, -0.2) is 28.0 Å². The van der Waals surface area contributed by atoms with Crippen LogP contribution in [0.3, 0.4) is 0 Å². The van der Waals surface area contributed by atoms with E-state index in [1.807, 2.05) is 0 Å². The highest BCUT2D eigenvalue weighted by atomic mass is 32.2. The maximum absolute atomic E-state index is 5.45. The van der Waals surface area contributed by atoms with E-state index in [1.54, 1.807) is 0 Å². The van der Waals surface area contributed by atoms with Gasteiger partial charge in [-0.1, -0.05) is 6.92 Å². The predicted octanol–water partition coefficient (Wildman–Crippen LogP) is 1.47. The molecule has 72 valence electrons. The largest absolute Gasteiger partial charge is 0.271 e. The van der Waals surface area contributed by atoms with Gasteiger partial charge in [-0.2, -0.15) is 23.5 Å². The standard InChI is InChI=1S/C8H18N2S2/c1-3-7-8(6(2)10-9)12-5-4-11-7/h6-8,10H,3-5,9H2,1-2H3. The SMILES string of the molecule is CCC1SCCSC1C(C)NN. The Morgan fingerprint density at radius 1 is 1.50 bits per heavy atom. The van der Waals surface area contributed by atoms with Crippen molar-refractivity contribution >= 4 is 23.5 Å². The van der Waals surface area contributed by atoms with Crippen LogP contribution in [0.4, 0.5) is 0 Å². The second kappa shape index (κ2) is 5.37. The van der Waals surface area contributed by atoms with Gasteiger partial charge in [0.2, 0.25) is 0 Å². The molecular formula is C8H18N2S2. The van der Waals surface area contributed by atoms with E-state index in [1.165, 1.54) is 17.9 Å². The van der Waals surface area contributed by atoms with Crippen molar-refractivity contribution in [3.05, 3.63) is 0 Å². The topological polar surface area (TPSA) is 38.0 Å². The van der Waals surface area contributed by atoms with Crippen molar-refractivity contribution in [2.24, 2.45) is 5.84 Å². The lowest BCUT2D eigenvalue weighted by molar-refractivity contribution is 0.528. The molecule has 0 saturated carbocycles. The van der Waals surface area contributed by atoms with Crippen molar-refractivity contribution in [1.29, 1.82) is 0 Å². The Kier molecular flexibility index (Phi) is 4.79. The van der Waals surface area contributed by atoms with E-state index in [0.29, 0.717) is 11.3 Å². The first-order valence-electron chi connectivity index (χ1n) is 4.49. The first-order chi connectivity index (χ1) is 5.79. The third-order valence-corrected chi connectivity index (χ3v) is 5.74. The fourth-order valence-electron chi connectivity index (χ4n) is 1.50. The van der Waals surface area contributed by atoms with Crippen LogP contribution in [0.25, 0.3) is 0 Å². The average Bonchev–Trinajstić information content (AvgIpc) is 2.16. The van der Waals surface area contributed by atoms with Crippen LogP contribution < -0.4 is 11.3 Å². The molecule has 3 atom stereocenters. The second-order valence-corrected chi connectivity index (χ2v) is 5.74. The Morgan fingerprint density at radius 3 is 2.75 bits per heavy atom. The van der Waals surface area contributed by atoms with Crippen LogP contribution in [0.15, 0.2) is 0 Å². The number of nitrogens with one attached hydrogen (secondary N) is 1. The van der Waals surface area contributed by atoms with Gasteiger partial charge in [0.1, 0.15) is 0 Å². The van der Waals surface area contributed by atoms with Crippen molar-refractivity contribution in [2.45, 2.75) is 36.8 Å². The maximum atomic E-state index is 5.45. The molecule has 1 rings (SSSR count). The maximum Gasteiger partial charge on any atom is 0.0330 e. The van der Waals surface area contributed by atoms with Gasteiger partial charge in [-0.3, -0.25) is 11.3 Å². The van der Waals surface area contributed by atoms with Gasteiger partial charge in [-0.25, -0.2) is 0 Å². The van der Waals surface area contributed by atoms with Crippen molar-refractivity contribution in [1.82, 2.24) is 5.43 Å². The van der Waals surface area contributed by atoms with Crippen LogP contribution >= 0.6 is 23.5 Å². The van der Waals surface area contributed by atoms with E-state index < -0.39 is 0 Å². The lowest BCUT2D eigenvalue weighted by Gasteiger charge is -2.33. The molecule has 0 aromatic heterocycles. The van der Waals surface area contributed by atoms with Crippen molar-refractivity contribution in [2.75, 3.05) is 11.5 Å². The number of nitrogens with two attached hydrogens (primary N) is 1. The normalized spacial score (nSPS) is 33.2. The van der Waals surface area contributed by atoms with Gasteiger partial charge in [0.25, 0.3) is 0 Å². The monoisotopic (exact) mass is 206 g/mol. The Labute approximate surface area is 83.4 Å². The molecule has 3 unspecified atom stereocenters. The summed E-state index contributed by atoms with van der Waals surface area (Å²) in [5.74, 6) is 8.03. The highest BCUT2D eigenvalue weighted by Crippen LogP contribution is 2.34. The van der Waals surface area contributed by atoms with Crippen molar-refractivity contribution in [3.63, 3.8) is 0 Å². The highest BCUT2D eigenvalue weighted by Gasteiger charge is 2.28. The van der Waals surface area contributed by atoms with E-state index in [4.69, 9.17) is 5.84 Å². The molecule has 0 spiro atoms. The number of thioether (sulfide) groups is 2. The molecule has 0 aromatic rings. The minimum Gasteiger partial charge on any atom is -0.271 e. The molecule has 0 radical (unpaired) electrons. The molecule has 0 amide bonds. The zero-order valence-electron chi connectivity index (χ0n) is 7.75. The summed E-state index contributed by atoms with van der Waals surface area (Å²) in [6.45, 7) is 4.44. The molecule has 1 fully saturated rings. The summed E-state index contributed by atoms with van der Waals surface area (Å²) in [5, 5.41) is 1.48. The molecule has 0 aromatic carbocycles. The zero-order valence-corrected chi connectivity index (χ0v) is 9.38. The summed E-state index contributed by atoms with van der Waals surface area (Å²) in [6.07, 6.45) is 1.26. The Hall–Kier alpha value is 0.620. The van der Waals surface area contributed by atoms with E-state index in [-0.39, 0.29) is 0 Å². The predicted molar refractivity (Wildman–Crippen MR) is 59.6 cm³/mol. The summed E-state index contributed by atoms with van der Waals surface area (Å²) in [7, 11) is 0. The van der Waals surface area contributed by atoms with Crippen LogP contribution in [0.5, 0.6) is 0 Å². The summed E-state index contributed by atoms with van der Waals surface area (Å²) in [5.41, 5.74) is 2.86. The highest BCUT2D eigenvalue weighted by molar-refractivity contribution is 8.07. The summed E-state index contributed by atoms with van der Waals surface area (Å²) < 4.78 is 0. The third-order valence-electron chi connectivity index (χ3n) is 2.25. The average molecular weight is 206 g/mol. The van der Waals surface area contributed by atoms with E-state index >= 15 is 0 Å². The minimum atomic E-state index is 0.438. The van der Waals surface area contributed by atoms with Gasteiger partial charge < -0.3 is 0 Å². The van der Waals surface area contributed by atoms with E-state index in [2.05, 4.69) is 42.8 Å². The molecule has 0 aliphatic carbocycles. The molecule has 2 nitrogen and oxygen atoms in total. The van der Waals surface area contributed by atoms with E-state index in [0.717, 1.165) is 5.25 Å². The molecular weight excluding hydrogens is 188 g/mol. The summed E-state index contributed by atoms with van der Waals surface area (Å²) in [6, 6.07) is 0.438. The smallest absolute Gasteiger partial charge is 0.0330 e. The van der Waals surface area contributed by atoms with Gasteiger partial charge in [0, 0.05) is 28.0 Å². The minimum absolute atomic E-state index is 0.438. The first-order valence-corrected chi connectivity index (χ1v) is 6.58. The molecule has 1 heterocycles. The van der Waals surface area contributed by atoms with Crippen LogP contribution in [0, 0.1) is 0 Å². The molecule has 12 heavy (non-hydrogen) atoms. The van der Waals surface area contributed by atoms with Crippen LogP contribution in [-0.2, 0) is 0 Å². The summed E-state index contributed by atoms with van der Waals surface area (Å²) >= 11 is 4.16. The number of rotatable bonds is 3. The van der Waals surface area contributed by atoms with Gasteiger partial charge in [0.15, 0.2) is 0 Å². The van der Waals surface area contributed by atoms with Gasteiger partial charge in [-0.05, 0) is 13.3 Å². The van der Waals surface area contributed by atoms with E-state index in [9.17, 15) is 0 Å².